The van der Waals surface area contributed by atoms with Gasteiger partial charge in [0.1, 0.15) is 6.04 Å². The number of pyridine rings is 1. The van der Waals surface area contributed by atoms with E-state index in [0.29, 0.717) is 30.9 Å². The Bertz CT molecular complexity index is 756. The zero-order valence-corrected chi connectivity index (χ0v) is 14.1. The zero-order valence-electron chi connectivity index (χ0n) is 13.2. The van der Waals surface area contributed by atoms with Gasteiger partial charge in [0.15, 0.2) is 0 Å². The van der Waals surface area contributed by atoms with Crippen molar-refractivity contribution in [2.75, 3.05) is 13.1 Å². The first kappa shape index (κ1) is 17.6. The third-order valence-electron chi connectivity index (χ3n) is 4.21. The maximum Gasteiger partial charge on any atom is 0.418 e. The van der Waals surface area contributed by atoms with E-state index in [2.05, 4.69) is 14.6 Å². The predicted octanol–water partition coefficient (Wildman–Crippen LogP) is -0.257. The van der Waals surface area contributed by atoms with Gasteiger partial charge in [0.2, 0.25) is 5.91 Å². The van der Waals surface area contributed by atoms with E-state index in [1.807, 2.05) is 12.1 Å². The first-order chi connectivity index (χ1) is 11.8. The van der Waals surface area contributed by atoms with Crippen LogP contribution >= 0.6 is 0 Å². The van der Waals surface area contributed by atoms with Crippen molar-refractivity contribution in [3.63, 3.8) is 0 Å². The van der Waals surface area contributed by atoms with Crippen LogP contribution in [0.25, 0.3) is 0 Å². The van der Waals surface area contributed by atoms with E-state index in [1.54, 1.807) is 12.3 Å². The molecule has 2 saturated heterocycles. The summed E-state index contributed by atoms with van der Waals surface area (Å²) in [5.41, 5.74) is 0.844. The van der Waals surface area contributed by atoms with Crippen LogP contribution in [-0.4, -0.2) is 65.0 Å². The van der Waals surface area contributed by atoms with Crippen LogP contribution in [0.15, 0.2) is 24.4 Å². The Morgan fingerprint density at radius 3 is 2.88 bits per heavy atom. The van der Waals surface area contributed by atoms with Crippen LogP contribution in [0.5, 0.6) is 0 Å². The normalized spacial score (nSPS) is 23.0. The topological polar surface area (TPSA) is 129 Å². The van der Waals surface area contributed by atoms with Crippen molar-refractivity contribution in [1.29, 1.82) is 0 Å². The molecule has 3 amide bonds. The molecule has 2 fully saturated rings. The minimum absolute atomic E-state index is 0.173. The molecular formula is C14H18N4O6S. The zero-order chi connectivity index (χ0) is 18.0. The average Bonchev–Trinajstić information content (AvgIpc) is 2.79. The third kappa shape index (κ3) is 4.06. The fourth-order valence-corrected chi connectivity index (χ4v) is 3.47. The second-order valence-electron chi connectivity index (χ2n) is 5.87. The average molecular weight is 370 g/mol. The monoisotopic (exact) mass is 370 g/mol. The second-order valence-corrected chi connectivity index (χ2v) is 6.88. The highest BCUT2D eigenvalue weighted by Gasteiger charge is 2.49. The molecule has 2 N–H and O–H groups in total. The van der Waals surface area contributed by atoms with E-state index in [0.717, 1.165) is 5.69 Å². The Kier molecular flexibility index (Phi) is 4.88. The lowest BCUT2D eigenvalue weighted by molar-refractivity contribution is -0.126. The van der Waals surface area contributed by atoms with Gasteiger partial charge in [-0.3, -0.25) is 14.3 Å². The van der Waals surface area contributed by atoms with E-state index in [9.17, 15) is 18.0 Å². The molecule has 10 nitrogen and oxygen atoms in total. The first-order valence-corrected chi connectivity index (χ1v) is 9.16. The fourth-order valence-electron chi connectivity index (χ4n) is 3.08. The van der Waals surface area contributed by atoms with Crippen molar-refractivity contribution < 1.29 is 26.8 Å². The molecule has 11 heteroatoms. The highest BCUT2D eigenvalue weighted by atomic mass is 32.3. The van der Waals surface area contributed by atoms with Crippen molar-refractivity contribution in [3.05, 3.63) is 30.1 Å². The number of nitrogens with zero attached hydrogens (tertiary/aromatic N) is 3. The lowest BCUT2D eigenvalue weighted by Gasteiger charge is -2.29. The number of nitrogens with one attached hydrogen (secondary N) is 1. The fraction of sp³-hybridized carbons (Fsp3) is 0.500. The number of carbonyl (C=O) groups is 2. The molecule has 2 aliphatic rings. The first-order valence-electron chi connectivity index (χ1n) is 7.79. The third-order valence-corrected chi connectivity index (χ3v) is 4.56. The van der Waals surface area contributed by atoms with Crippen LogP contribution in [-0.2, 0) is 25.9 Å². The summed E-state index contributed by atoms with van der Waals surface area (Å²) in [6, 6.07) is 3.57. The number of amides is 3. The number of hydroxylamine groups is 2. The maximum atomic E-state index is 12.4. The molecule has 1 aromatic rings. The van der Waals surface area contributed by atoms with Crippen molar-refractivity contribution >= 4 is 22.3 Å². The molecule has 0 aliphatic carbocycles. The molecule has 1 aromatic heterocycles. The van der Waals surface area contributed by atoms with Gasteiger partial charge in [-0.05, 0) is 25.0 Å². The van der Waals surface area contributed by atoms with E-state index in [1.165, 1.54) is 4.90 Å². The number of hydrogen-bond donors (Lipinski definition) is 2. The van der Waals surface area contributed by atoms with E-state index in [4.69, 9.17) is 4.55 Å². The lowest BCUT2D eigenvalue weighted by atomic mass is 10.0. The van der Waals surface area contributed by atoms with Crippen molar-refractivity contribution in [2.45, 2.75) is 31.3 Å². The van der Waals surface area contributed by atoms with Crippen LogP contribution in [0.1, 0.15) is 18.5 Å². The summed E-state index contributed by atoms with van der Waals surface area (Å²) in [6.45, 7) is 0.551. The Balaban J connectivity index is 1.57. The van der Waals surface area contributed by atoms with Crippen LogP contribution in [0.2, 0.25) is 0 Å². The molecule has 3 heterocycles. The molecule has 1 unspecified atom stereocenters. The molecule has 2 aliphatic heterocycles. The molecule has 3 rings (SSSR count). The van der Waals surface area contributed by atoms with Crippen molar-refractivity contribution in [3.8, 4) is 0 Å². The van der Waals surface area contributed by atoms with Crippen molar-refractivity contribution in [2.24, 2.45) is 0 Å². The van der Waals surface area contributed by atoms with Gasteiger partial charge in [0.05, 0.1) is 6.04 Å². The van der Waals surface area contributed by atoms with Crippen LogP contribution in [0.3, 0.4) is 0 Å². The van der Waals surface area contributed by atoms with Gasteiger partial charge in [0, 0.05) is 31.4 Å². The number of urea groups is 1. The molecular weight excluding hydrogens is 352 g/mol. The van der Waals surface area contributed by atoms with Crippen molar-refractivity contribution in [1.82, 2.24) is 20.3 Å². The highest BCUT2D eigenvalue weighted by Crippen LogP contribution is 2.30. The SMILES string of the molecule is O=C(NCCc1ccccn1)C1CC[C@@H]2CN1C(=O)N2OS(=O)(=O)O. The molecule has 2 atom stereocenters. The number of aromatic nitrogens is 1. The van der Waals surface area contributed by atoms with Gasteiger partial charge >= 0.3 is 16.4 Å². The van der Waals surface area contributed by atoms with E-state index in [-0.39, 0.29) is 12.5 Å². The maximum absolute atomic E-state index is 12.4. The molecule has 25 heavy (non-hydrogen) atoms. The minimum atomic E-state index is -4.79. The molecule has 0 aromatic carbocycles. The highest BCUT2D eigenvalue weighted by molar-refractivity contribution is 7.80. The van der Waals surface area contributed by atoms with Gasteiger partial charge < -0.3 is 10.2 Å². The second kappa shape index (κ2) is 6.94. The summed E-state index contributed by atoms with van der Waals surface area (Å²) >= 11 is 0. The molecule has 136 valence electrons. The summed E-state index contributed by atoms with van der Waals surface area (Å²) in [5.74, 6) is -0.309. The largest absolute Gasteiger partial charge is 0.418 e. The molecule has 0 saturated carbocycles. The predicted molar refractivity (Wildman–Crippen MR) is 84.3 cm³/mol. The van der Waals surface area contributed by atoms with Gasteiger partial charge in [0.25, 0.3) is 0 Å². The standard InChI is InChI=1S/C14H18N4O6S/c19-13(16-8-6-10-3-1-2-7-15-10)12-5-4-11-9-17(12)14(20)18(11)24-25(21,22)23/h1-3,7,11-12H,4-6,8-9H2,(H,16,19)(H,21,22,23)/t11-,12?/m1/s1. The van der Waals surface area contributed by atoms with E-state index >= 15 is 0 Å². The summed E-state index contributed by atoms with van der Waals surface area (Å²) in [5, 5.41) is 3.39. The number of piperidine rings is 1. The summed E-state index contributed by atoms with van der Waals surface area (Å²) in [7, 11) is -4.79. The van der Waals surface area contributed by atoms with Gasteiger partial charge in [-0.25, -0.2) is 4.79 Å². The van der Waals surface area contributed by atoms with Crippen LogP contribution < -0.4 is 5.32 Å². The smallest absolute Gasteiger partial charge is 0.354 e. The molecule has 0 radical (unpaired) electrons. The lowest BCUT2D eigenvalue weighted by Crippen LogP contribution is -2.50. The molecule has 0 spiro atoms. The summed E-state index contributed by atoms with van der Waals surface area (Å²) < 4.78 is 34.8. The minimum Gasteiger partial charge on any atom is -0.354 e. The van der Waals surface area contributed by atoms with Gasteiger partial charge in [-0.1, -0.05) is 6.07 Å². The summed E-state index contributed by atoms with van der Waals surface area (Å²) in [6.07, 6.45) is 3.02. The quantitative estimate of drug-likeness (QED) is 0.660. The van der Waals surface area contributed by atoms with Crippen LogP contribution in [0.4, 0.5) is 4.79 Å². The number of rotatable bonds is 6. The number of fused-ring (bicyclic) bond motifs is 2. The Morgan fingerprint density at radius 2 is 2.20 bits per heavy atom. The number of carbonyl (C=O) groups excluding carboxylic acids is 2. The van der Waals surface area contributed by atoms with E-state index < -0.39 is 28.5 Å². The Labute approximate surface area is 144 Å². The summed E-state index contributed by atoms with van der Waals surface area (Å²) in [4.78, 5) is 30.0. The molecule has 2 bridgehead atoms. The van der Waals surface area contributed by atoms with Gasteiger partial charge in [-0.2, -0.15) is 13.5 Å². The van der Waals surface area contributed by atoms with Gasteiger partial charge in [-0.15, -0.1) is 4.28 Å². The Hall–Kier alpha value is -2.24. The van der Waals surface area contributed by atoms with Crippen LogP contribution in [0, 0.1) is 0 Å². The number of hydrogen-bond acceptors (Lipinski definition) is 6. The Morgan fingerprint density at radius 1 is 1.40 bits per heavy atom.